The molecule has 0 radical (unpaired) electrons. The topological polar surface area (TPSA) is 76.1 Å². The number of thiophene rings is 1. The maximum atomic E-state index is 13.4. The monoisotopic (exact) mass is 578 g/mol. The van der Waals surface area contributed by atoms with Crippen molar-refractivity contribution in [2.45, 2.75) is 13.5 Å². The van der Waals surface area contributed by atoms with Crippen molar-refractivity contribution in [3.8, 4) is 17.6 Å². The van der Waals surface area contributed by atoms with Crippen LogP contribution < -0.4 is 15.4 Å². The van der Waals surface area contributed by atoms with Crippen molar-refractivity contribution >= 4 is 68.7 Å². The largest absolute Gasteiger partial charge is 0.487 e. The molecule has 2 aromatic heterocycles. The molecule has 39 heavy (non-hydrogen) atoms. The predicted molar refractivity (Wildman–Crippen MR) is 157 cm³/mol. The van der Waals surface area contributed by atoms with Crippen LogP contribution in [0.25, 0.3) is 10.2 Å². The summed E-state index contributed by atoms with van der Waals surface area (Å²) in [5.74, 6) is 6.98. The fourth-order valence-electron chi connectivity index (χ4n) is 3.64. The zero-order valence-corrected chi connectivity index (χ0v) is 22.9. The van der Waals surface area contributed by atoms with Gasteiger partial charge in [0.15, 0.2) is 5.82 Å². The lowest BCUT2D eigenvalue weighted by atomic mass is 10.2. The quantitative estimate of drug-likeness (QED) is 0.203. The summed E-state index contributed by atoms with van der Waals surface area (Å²) in [6.45, 7) is 1.67. The highest BCUT2D eigenvalue weighted by Gasteiger charge is 2.10. The van der Waals surface area contributed by atoms with Crippen LogP contribution >= 0.6 is 35.3 Å². The van der Waals surface area contributed by atoms with E-state index in [1.54, 1.807) is 24.3 Å². The number of aromatic nitrogens is 2. The third-order valence-electron chi connectivity index (χ3n) is 5.30. The smallest absolute Gasteiger partial charge is 0.221 e. The molecule has 0 spiro atoms. The molecule has 0 aliphatic rings. The van der Waals surface area contributed by atoms with Gasteiger partial charge in [0.1, 0.15) is 24.5 Å². The van der Waals surface area contributed by atoms with E-state index >= 15 is 0 Å². The van der Waals surface area contributed by atoms with Crippen LogP contribution in [0.4, 0.5) is 21.6 Å². The van der Waals surface area contributed by atoms with Gasteiger partial charge in [-0.2, -0.15) is 0 Å². The van der Waals surface area contributed by atoms with Gasteiger partial charge in [0.25, 0.3) is 0 Å². The first-order chi connectivity index (χ1) is 18.4. The molecule has 0 aliphatic heterocycles. The summed E-state index contributed by atoms with van der Waals surface area (Å²) in [6.07, 6.45) is 1.49. The number of ether oxygens (including phenoxy) is 1. The first kappa shape index (κ1) is 27.9. The first-order valence-corrected chi connectivity index (χ1v) is 12.7. The molecule has 3 aromatic carbocycles. The second-order valence-corrected chi connectivity index (χ2v) is 9.71. The van der Waals surface area contributed by atoms with Gasteiger partial charge in [-0.05, 0) is 60.2 Å². The van der Waals surface area contributed by atoms with Crippen molar-refractivity contribution in [2.24, 2.45) is 0 Å². The van der Waals surface area contributed by atoms with Gasteiger partial charge in [-0.15, -0.1) is 23.7 Å². The van der Waals surface area contributed by atoms with Crippen molar-refractivity contribution in [1.29, 1.82) is 0 Å². The third-order valence-corrected chi connectivity index (χ3v) is 6.64. The van der Waals surface area contributed by atoms with Crippen molar-refractivity contribution in [2.75, 3.05) is 10.6 Å². The van der Waals surface area contributed by atoms with Crippen LogP contribution in [-0.2, 0) is 11.4 Å². The Kier molecular flexibility index (Phi) is 8.99. The van der Waals surface area contributed by atoms with Crippen LogP contribution in [0, 0.1) is 17.7 Å². The van der Waals surface area contributed by atoms with Crippen molar-refractivity contribution in [3.05, 3.63) is 106 Å². The van der Waals surface area contributed by atoms with Gasteiger partial charge < -0.3 is 15.4 Å². The Morgan fingerprint density at radius 3 is 2.67 bits per heavy atom. The SMILES string of the molecule is CC(=O)Nc1cccc(C#Cc2cc3ncnc(Nc4ccc(OCc5cccc(F)c5)c(Cl)c4)c3s2)c1.Cl. The minimum Gasteiger partial charge on any atom is -0.487 e. The fourth-order valence-corrected chi connectivity index (χ4v) is 4.78. The minimum absolute atomic E-state index is 0. The molecular formula is C29H21Cl2FN4O2S. The highest BCUT2D eigenvalue weighted by molar-refractivity contribution is 7.20. The van der Waals surface area contributed by atoms with E-state index in [0.717, 1.165) is 26.3 Å². The van der Waals surface area contributed by atoms with Gasteiger partial charge in [0.05, 0.1) is 20.1 Å². The zero-order chi connectivity index (χ0) is 26.5. The van der Waals surface area contributed by atoms with Crippen LogP contribution in [0.3, 0.4) is 0 Å². The van der Waals surface area contributed by atoms with Crippen LogP contribution in [0.15, 0.2) is 79.1 Å². The molecule has 0 aliphatic carbocycles. The lowest BCUT2D eigenvalue weighted by Crippen LogP contribution is -2.05. The minimum atomic E-state index is -0.313. The number of amides is 1. The number of benzene rings is 3. The number of nitrogens with zero attached hydrogens (tertiary/aromatic N) is 2. The summed E-state index contributed by atoms with van der Waals surface area (Å²) < 4.78 is 20.0. The van der Waals surface area contributed by atoms with Crippen LogP contribution in [0.1, 0.15) is 22.9 Å². The number of hydrogen-bond acceptors (Lipinski definition) is 6. The number of anilines is 3. The van der Waals surface area contributed by atoms with Crippen LogP contribution in [0.5, 0.6) is 5.75 Å². The number of fused-ring (bicyclic) bond motifs is 1. The highest BCUT2D eigenvalue weighted by atomic mass is 35.5. The number of hydrogen-bond donors (Lipinski definition) is 2. The Morgan fingerprint density at radius 1 is 1.03 bits per heavy atom. The Labute approximate surface area is 239 Å². The van der Waals surface area contributed by atoms with Crippen molar-refractivity contribution in [1.82, 2.24) is 9.97 Å². The molecule has 0 atom stereocenters. The number of nitrogens with one attached hydrogen (secondary N) is 2. The average molecular weight is 579 g/mol. The number of carbonyl (C=O) groups is 1. The average Bonchev–Trinajstić information content (AvgIpc) is 3.31. The second kappa shape index (κ2) is 12.6. The Hall–Kier alpha value is -4.16. The van der Waals surface area contributed by atoms with E-state index in [0.29, 0.717) is 27.8 Å². The molecule has 10 heteroatoms. The van der Waals surface area contributed by atoms with Gasteiger partial charge in [-0.1, -0.05) is 41.6 Å². The second-order valence-electron chi connectivity index (χ2n) is 8.25. The standard InChI is InChI=1S/C29H20ClFN4O2S.ClH/c1-18(36)34-22-7-3-4-19(13-22)8-10-24-15-26-28(38-24)29(33-17-32-26)35-23-9-11-27(25(30)14-23)37-16-20-5-2-6-21(31)12-20;/h2-7,9,11-15,17H,16H2,1H3,(H,34,36)(H,32,33,35);1H. The molecular weight excluding hydrogens is 558 g/mol. The molecule has 0 fully saturated rings. The molecule has 0 saturated carbocycles. The third kappa shape index (κ3) is 7.24. The van der Waals surface area contributed by atoms with Gasteiger partial charge in [0.2, 0.25) is 5.91 Å². The predicted octanol–water partition coefficient (Wildman–Crippen LogP) is 7.59. The summed E-state index contributed by atoms with van der Waals surface area (Å²) in [7, 11) is 0. The number of halogens is 3. The first-order valence-electron chi connectivity index (χ1n) is 11.5. The Balaban J connectivity index is 0.00000353. The normalized spacial score (nSPS) is 10.2. The number of rotatable bonds is 6. The molecule has 1 amide bonds. The Morgan fingerprint density at radius 2 is 1.87 bits per heavy atom. The lowest BCUT2D eigenvalue weighted by molar-refractivity contribution is -0.114. The highest BCUT2D eigenvalue weighted by Crippen LogP contribution is 2.33. The fraction of sp³-hybridized carbons (Fsp3) is 0.0690. The molecule has 6 nitrogen and oxygen atoms in total. The van der Waals surface area contributed by atoms with Gasteiger partial charge in [-0.25, -0.2) is 14.4 Å². The van der Waals surface area contributed by atoms with E-state index in [1.807, 2.05) is 36.4 Å². The summed E-state index contributed by atoms with van der Waals surface area (Å²) in [6, 6.07) is 20.8. The molecule has 2 heterocycles. The lowest BCUT2D eigenvalue weighted by Gasteiger charge is -2.11. The number of carbonyl (C=O) groups excluding carboxylic acids is 1. The summed E-state index contributed by atoms with van der Waals surface area (Å²) in [4.78, 5) is 20.9. The maximum Gasteiger partial charge on any atom is 0.221 e. The van der Waals surface area contributed by atoms with E-state index < -0.39 is 0 Å². The molecule has 5 rings (SSSR count). The van der Waals surface area contributed by atoms with Crippen LogP contribution in [0.2, 0.25) is 5.02 Å². The van der Waals surface area contributed by atoms with Crippen molar-refractivity contribution in [3.63, 3.8) is 0 Å². The Bertz CT molecular complexity index is 1710. The van der Waals surface area contributed by atoms with E-state index in [4.69, 9.17) is 16.3 Å². The van der Waals surface area contributed by atoms with Gasteiger partial charge in [0, 0.05) is 23.9 Å². The van der Waals surface area contributed by atoms with E-state index in [-0.39, 0.29) is 30.7 Å². The summed E-state index contributed by atoms with van der Waals surface area (Å²) in [5.41, 5.74) is 3.69. The van der Waals surface area contributed by atoms with Crippen LogP contribution in [-0.4, -0.2) is 15.9 Å². The van der Waals surface area contributed by atoms with Gasteiger partial charge in [-0.3, -0.25) is 4.79 Å². The molecule has 5 aromatic rings. The molecule has 0 saturated heterocycles. The molecule has 2 N–H and O–H groups in total. The van der Waals surface area contributed by atoms with E-state index in [2.05, 4.69) is 32.4 Å². The molecule has 196 valence electrons. The van der Waals surface area contributed by atoms with Gasteiger partial charge >= 0.3 is 0 Å². The maximum absolute atomic E-state index is 13.4. The molecule has 0 unspecified atom stereocenters. The van der Waals surface area contributed by atoms with E-state index in [1.165, 1.54) is 36.7 Å². The molecule has 0 bridgehead atoms. The zero-order valence-electron chi connectivity index (χ0n) is 20.5. The van der Waals surface area contributed by atoms with Crippen molar-refractivity contribution < 1.29 is 13.9 Å². The summed E-state index contributed by atoms with van der Waals surface area (Å²) >= 11 is 7.92. The van der Waals surface area contributed by atoms with E-state index in [9.17, 15) is 9.18 Å². The summed E-state index contributed by atoms with van der Waals surface area (Å²) in [5, 5.41) is 6.46.